The SMILES string of the molecule is CC1(CNC(=O)c2cc(F)c(F)c(F)c2)CCCC1. The lowest BCUT2D eigenvalue weighted by Gasteiger charge is -2.23. The van der Waals surface area contributed by atoms with Crippen LogP contribution in [0, 0.1) is 22.9 Å². The number of halogens is 3. The number of rotatable bonds is 3. The van der Waals surface area contributed by atoms with Crippen LogP contribution in [0.15, 0.2) is 12.1 Å². The van der Waals surface area contributed by atoms with E-state index in [0.29, 0.717) is 18.7 Å². The summed E-state index contributed by atoms with van der Waals surface area (Å²) in [6.45, 7) is 2.54. The molecule has 2 nitrogen and oxygen atoms in total. The van der Waals surface area contributed by atoms with Crippen LogP contribution in [0.3, 0.4) is 0 Å². The molecule has 1 aromatic rings. The van der Waals surface area contributed by atoms with Gasteiger partial charge in [0.15, 0.2) is 17.5 Å². The van der Waals surface area contributed by atoms with Gasteiger partial charge in [0.25, 0.3) is 5.91 Å². The number of carbonyl (C=O) groups excluding carboxylic acids is 1. The summed E-state index contributed by atoms with van der Waals surface area (Å²) in [4.78, 5) is 11.8. The number of nitrogens with one attached hydrogen (secondary N) is 1. The van der Waals surface area contributed by atoms with Gasteiger partial charge in [-0.1, -0.05) is 19.8 Å². The second-order valence-electron chi connectivity index (χ2n) is 5.45. The maximum Gasteiger partial charge on any atom is 0.251 e. The maximum absolute atomic E-state index is 13.0. The van der Waals surface area contributed by atoms with Crippen LogP contribution in [-0.2, 0) is 0 Å². The van der Waals surface area contributed by atoms with Crippen LogP contribution in [0.2, 0.25) is 0 Å². The quantitative estimate of drug-likeness (QED) is 0.839. The summed E-state index contributed by atoms with van der Waals surface area (Å²) in [6.07, 6.45) is 4.32. The Kier molecular flexibility index (Phi) is 3.83. The number of hydrogen-bond acceptors (Lipinski definition) is 1. The van der Waals surface area contributed by atoms with Crippen molar-refractivity contribution in [3.63, 3.8) is 0 Å². The number of benzene rings is 1. The molecular weight excluding hydrogens is 255 g/mol. The molecule has 2 rings (SSSR count). The first kappa shape index (κ1) is 13.9. The lowest BCUT2D eigenvalue weighted by Crippen LogP contribution is -2.34. The summed E-state index contributed by atoms with van der Waals surface area (Å²) in [7, 11) is 0. The zero-order valence-electron chi connectivity index (χ0n) is 10.7. The summed E-state index contributed by atoms with van der Waals surface area (Å²) in [6, 6.07) is 1.43. The van der Waals surface area contributed by atoms with Gasteiger partial charge in [-0.15, -0.1) is 0 Å². The van der Waals surface area contributed by atoms with Crippen molar-refractivity contribution in [3.05, 3.63) is 35.1 Å². The molecule has 0 heterocycles. The molecule has 1 aromatic carbocycles. The van der Waals surface area contributed by atoms with Gasteiger partial charge in [0.2, 0.25) is 0 Å². The highest BCUT2D eigenvalue weighted by atomic mass is 19.2. The zero-order valence-corrected chi connectivity index (χ0v) is 10.7. The Bertz CT molecular complexity index is 472. The molecule has 0 radical (unpaired) electrons. The van der Waals surface area contributed by atoms with Crippen molar-refractivity contribution in [3.8, 4) is 0 Å². The second kappa shape index (κ2) is 5.23. The predicted octanol–water partition coefficient (Wildman–Crippen LogP) is 3.41. The Morgan fingerprint density at radius 1 is 1.21 bits per heavy atom. The van der Waals surface area contributed by atoms with Crippen LogP contribution >= 0.6 is 0 Å². The van der Waals surface area contributed by atoms with Gasteiger partial charge in [0, 0.05) is 12.1 Å². The van der Waals surface area contributed by atoms with Gasteiger partial charge < -0.3 is 5.32 Å². The number of carbonyl (C=O) groups is 1. The molecule has 1 fully saturated rings. The van der Waals surface area contributed by atoms with Gasteiger partial charge in [0.1, 0.15) is 0 Å². The van der Waals surface area contributed by atoms with Crippen LogP contribution in [0.4, 0.5) is 13.2 Å². The summed E-state index contributed by atoms with van der Waals surface area (Å²) < 4.78 is 38.8. The lowest BCUT2D eigenvalue weighted by molar-refractivity contribution is 0.0933. The van der Waals surface area contributed by atoms with Gasteiger partial charge in [-0.3, -0.25) is 4.79 Å². The molecule has 19 heavy (non-hydrogen) atoms. The van der Waals surface area contributed by atoms with E-state index in [1.807, 2.05) is 0 Å². The third-order valence-electron chi connectivity index (χ3n) is 3.73. The average molecular weight is 271 g/mol. The Morgan fingerprint density at radius 3 is 2.26 bits per heavy atom. The highest BCUT2D eigenvalue weighted by Gasteiger charge is 2.29. The van der Waals surface area contributed by atoms with E-state index in [9.17, 15) is 18.0 Å². The predicted molar refractivity (Wildman–Crippen MR) is 65.2 cm³/mol. The fraction of sp³-hybridized carbons (Fsp3) is 0.500. The summed E-state index contributed by atoms with van der Waals surface area (Å²) in [5.41, 5.74) is -0.148. The first-order chi connectivity index (χ1) is 8.91. The van der Waals surface area contributed by atoms with E-state index in [4.69, 9.17) is 0 Å². The van der Waals surface area contributed by atoms with E-state index in [-0.39, 0.29) is 11.0 Å². The Hall–Kier alpha value is -1.52. The normalized spacial score (nSPS) is 17.5. The average Bonchev–Trinajstić information content (AvgIpc) is 2.80. The lowest BCUT2D eigenvalue weighted by atomic mass is 9.89. The van der Waals surface area contributed by atoms with Gasteiger partial charge in [0.05, 0.1) is 0 Å². The van der Waals surface area contributed by atoms with Gasteiger partial charge in [-0.2, -0.15) is 0 Å². The van der Waals surface area contributed by atoms with Crippen molar-refractivity contribution in [2.24, 2.45) is 5.41 Å². The van der Waals surface area contributed by atoms with E-state index in [1.165, 1.54) is 0 Å². The molecule has 0 saturated heterocycles. The Labute approximate surface area is 110 Å². The van der Waals surface area contributed by atoms with Crippen LogP contribution in [0.5, 0.6) is 0 Å². The minimum atomic E-state index is -1.56. The van der Waals surface area contributed by atoms with Crippen molar-refractivity contribution in [1.82, 2.24) is 5.32 Å². The second-order valence-corrected chi connectivity index (χ2v) is 5.45. The van der Waals surface area contributed by atoms with Crippen LogP contribution < -0.4 is 5.32 Å². The third kappa shape index (κ3) is 3.08. The first-order valence-corrected chi connectivity index (χ1v) is 6.34. The molecule has 0 atom stereocenters. The molecule has 1 aliphatic rings. The Morgan fingerprint density at radius 2 is 1.74 bits per heavy atom. The molecule has 0 bridgehead atoms. The number of amides is 1. The summed E-state index contributed by atoms with van der Waals surface area (Å²) in [5, 5.41) is 2.66. The zero-order chi connectivity index (χ0) is 14.0. The van der Waals surface area contributed by atoms with Crippen molar-refractivity contribution >= 4 is 5.91 Å². The molecule has 1 aliphatic carbocycles. The van der Waals surface area contributed by atoms with Crippen molar-refractivity contribution in [2.75, 3.05) is 6.54 Å². The van der Waals surface area contributed by atoms with Gasteiger partial charge in [-0.05, 0) is 30.4 Å². The fourth-order valence-electron chi connectivity index (χ4n) is 2.49. The Balaban J connectivity index is 2.04. The highest BCUT2D eigenvalue weighted by Crippen LogP contribution is 2.36. The van der Waals surface area contributed by atoms with Crippen LogP contribution in [-0.4, -0.2) is 12.5 Å². The molecule has 5 heteroatoms. The van der Waals surface area contributed by atoms with E-state index in [1.54, 1.807) is 0 Å². The minimum Gasteiger partial charge on any atom is -0.351 e. The first-order valence-electron chi connectivity index (χ1n) is 6.34. The molecular formula is C14H16F3NO. The smallest absolute Gasteiger partial charge is 0.251 e. The van der Waals surface area contributed by atoms with E-state index in [0.717, 1.165) is 25.7 Å². The van der Waals surface area contributed by atoms with Crippen molar-refractivity contribution < 1.29 is 18.0 Å². The van der Waals surface area contributed by atoms with Crippen LogP contribution in [0.25, 0.3) is 0 Å². The molecule has 0 spiro atoms. The standard InChI is InChI=1S/C14H16F3NO/c1-14(4-2-3-5-14)8-18-13(19)9-6-10(15)12(17)11(16)7-9/h6-7H,2-5,8H2,1H3,(H,18,19). The molecule has 0 unspecified atom stereocenters. The summed E-state index contributed by atoms with van der Waals surface area (Å²) in [5.74, 6) is -4.83. The number of hydrogen-bond donors (Lipinski definition) is 1. The van der Waals surface area contributed by atoms with Crippen molar-refractivity contribution in [2.45, 2.75) is 32.6 Å². The minimum absolute atomic E-state index is 0.0484. The van der Waals surface area contributed by atoms with Crippen molar-refractivity contribution in [1.29, 1.82) is 0 Å². The van der Waals surface area contributed by atoms with Gasteiger partial charge in [-0.25, -0.2) is 13.2 Å². The molecule has 0 aromatic heterocycles. The van der Waals surface area contributed by atoms with E-state index in [2.05, 4.69) is 12.2 Å². The van der Waals surface area contributed by atoms with Crippen LogP contribution in [0.1, 0.15) is 43.0 Å². The topological polar surface area (TPSA) is 29.1 Å². The molecule has 1 amide bonds. The van der Waals surface area contributed by atoms with Gasteiger partial charge >= 0.3 is 0 Å². The van der Waals surface area contributed by atoms with E-state index < -0.39 is 23.4 Å². The monoisotopic (exact) mass is 271 g/mol. The molecule has 104 valence electrons. The highest BCUT2D eigenvalue weighted by molar-refractivity contribution is 5.94. The largest absolute Gasteiger partial charge is 0.351 e. The molecule has 1 saturated carbocycles. The maximum atomic E-state index is 13.0. The molecule has 0 aliphatic heterocycles. The van der Waals surface area contributed by atoms with E-state index >= 15 is 0 Å². The fourth-order valence-corrected chi connectivity index (χ4v) is 2.49. The summed E-state index contributed by atoms with van der Waals surface area (Å²) >= 11 is 0. The third-order valence-corrected chi connectivity index (χ3v) is 3.73. The molecule has 1 N–H and O–H groups in total.